The summed E-state index contributed by atoms with van der Waals surface area (Å²) in [5.41, 5.74) is 8.40. The highest BCUT2D eigenvalue weighted by Gasteiger charge is 2.45. The van der Waals surface area contributed by atoms with Crippen LogP contribution >= 0.6 is 11.3 Å². The molecule has 1 aromatic heterocycles. The zero-order chi connectivity index (χ0) is 35.0. The lowest BCUT2D eigenvalue weighted by atomic mass is 9.59. The number of benzene rings is 4. The van der Waals surface area contributed by atoms with E-state index in [1.54, 1.807) is 0 Å². The summed E-state index contributed by atoms with van der Waals surface area (Å²) >= 11 is 1.95. The molecule has 0 saturated carbocycles. The molecule has 5 aromatic rings. The van der Waals surface area contributed by atoms with E-state index < -0.39 is 12.0 Å². The molecule has 0 aliphatic heterocycles. The van der Waals surface area contributed by atoms with Gasteiger partial charge in [-0.1, -0.05) is 137 Å². The minimum atomic E-state index is -0.915. The van der Waals surface area contributed by atoms with Gasteiger partial charge < -0.3 is 10.2 Å². The highest BCUT2D eigenvalue weighted by Crippen LogP contribution is 2.57. The lowest BCUT2D eigenvalue weighted by molar-refractivity contribution is 0.208. The first-order valence-corrected chi connectivity index (χ1v) is 18.6. The van der Waals surface area contributed by atoms with E-state index in [0.29, 0.717) is 17.8 Å². The fourth-order valence-electron chi connectivity index (χ4n) is 8.36. The summed E-state index contributed by atoms with van der Waals surface area (Å²) in [6.45, 7) is 11.7. The number of rotatable bonds is 4. The van der Waals surface area contributed by atoms with Crippen molar-refractivity contribution in [3.63, 3.8) is 0 Å². The number of hydrogen-bond donors (Lipinski definition) is 2. The molecule has 50 heavy (non-hydrogen) atoms. The molecule has 0 amide bonds. The minimum absolute atomic E-state index is 0.136. The van der Waals surface area contributed by atoms with E-state index in [9.17, 15) is 10.2 Å². The molecule has 0 fully saturated rings. The summed E-state index contributed by atoms with van der Waals surface area (Å²) in [4.78, 5) is 1.50. The number of hydrogen-bond acceptors (Lipinski definition) is 3. The van der Waals surface area contributed by atoms with Gasteiger partial charge in [0.15, 0.2) is 0 Å². The fourth-order valence-corrected chi connectivity index (χ4v) is 9.82. The Morgan fingerprint density at radius 3 is 1.96 bits per heavy atom. The van der Waals surface area contributed by atoms with Crippen molar-refractivity contribution in [1.82, 2.24) is 0 Å². The summed E-state index contributed by atoms with van der Waals surface area (Å²) in [6.07, 6.45) is 4.58. The zero-order valence-electron chi connectivity index (χ0n) is 29.5. The molecule has 5 unspecified atom stereocenters. The van der Waals surface area contributed by atoms with Gasteiger partial charge in [-0.25, -0.2) is 0 Å². The molecule has 7 rings (SSSR count). The summed E-state index contributed by atoms with van der Waals surface area (Å²) in [5, 5.41) is 24.6. The van der Waals surface area contributed by atoms with Gasteiger partial charge >= 0.3 is 0 Å². The molecule has 0 saturated heterocycles. The van der Waals surface area contributed by atoms with Crippen LogP contribution in [0.4, 0.5) is 0 Å². The highest BCUT2D eigenvalue weighted by molar-refractivity contribution is 7.19. The van der Waals surface area contributed by atoms with E-state index in [1.165, 1.54) is 26.1 Å². The van der Waals surface area contributed by atoms with Crippen LogP contribution < -0.4 is 0 Å². The Labute approximate surface area is 301 Å². The van der Waals surface area contributed by atoms with Crippen molar-refractivity contribution in [2.45, 2.75) is 64.4 Å². The van der Waals surface area contributed by atoms with E-state index in [0.717, 1.165) is 45.4 Å². The minimum Gasteiger partial charge on any atom is -0.395 e. The molecule has 250 valence electrons. The van der Waals surface area contributed by atoms with E-state index in [4.69, 9.17) is 0 Å². The van der Waals surface area contributed by atoms with Crippen molar-refractivity contribution in [1.29, 1.82) is 0 Å². The van der Waals surface area contributed by atoms with Crippen LogP contribution in [0.15, 0.2) is 120 Å². The second kappa shape index (κ2) is 13.9. The summed E-state index contributed by atoms with van der Waals surface area (Å²) in [5.74, 6) is 14.1. The number of aliphatic hydroxyl groups is 2. The van der Waals surface area contributed by atoms with E-state index in [2.05, 4.69) is 94.7 Å². The van der Waals surface area contributed by atoms with Crippen LogP contribution in [0.5, 0.6) is 0 Å². The van der Waals surface area contributed by atoms with E-state index in [-0.39, 0.29) is 12.0 Å². The molecule has 4 aromatic carbocycles. The molecule has 2 aliphatic rings. The maximum atomic E-state index is 12.2. The molecule has 2 N–H and O–H groups in total. The van der Waals surface area contributed by atoms with Crippen molar-refractivity contribution >= 4 is 21.4 Å². The Hall–Kier alpha value is -4.64. The SMILES string of the molecule is CCC(C)C1/C(=C/C=C2/C(O)c3c(C#Cc4ccccc4)ccc(C#Cc4ccccc4)c3C2CO)C(C)(C)c2c(sc3ccccc23)C1C. The lowest BCUT2D eigenvalue weighted by Crippen LogP contribution is -2.37. The van der Waals surface area contributed by atoms with Crippen LogP contribution in [-0.2, 0) is 5.41 Å². The van der Waals surface area contributed by atoms with Crippen LogP contribution in [-0.4, -0.2) is 16.8 Å². The van der Waals surface area contributed by atoms with Crippen LogP contribution in [0.1, 0.15) is 103 Å². The number of allylic oxidation sites excluding steroid dienone is 3. The molecule has 2 nitrogen and oxygen atoms in total. The van der Waals surface area contributed by atoms with Crippen LogP contribution in [0.2, 0.25) is 0 Å². The van der Waals surface area contributed by atoms with Crippen LogP contribution in [0.3, 0.4) is 0 Å². The monoisotopic (exact) mass is 672 g/mol. The first-order chi connectivity index (χ1) is 24.2. The Morgan fingerprint density at radius 1 is 0.780 bits per heavy atom. The molecular weight excluding hydrogens is 629 g/mol. The normalized spacial score (nSPS) is 22.7. The third-order valence-corrected chi connectivity index (χ3v) is 12.4. The van der Waals surface area contributed by atoms with Crippen LogP contribution in [0.25, 0.3) is 10.1 Å². The Kier molecular flexibility index (Phi) is 9.43. The maximum Gasteiger partial charge on any atom is 0.103 e. The molecule has 0 radical (unpaired) electrons. The molecule has 5 atom stereocenters. The van der Waals surface area contributed by atoms with Crippen LogP contribution in [0, 0.1) is 35.5 Å². The quantitative estimate of drug-likeness (QED) is 0.187. The summed E-state index contributed by atoms with van der Waals surface area (Å²) in [6, 6.07) is 32.6. The van der Waals surface area contributed by atoms with Gasteiger partial charge in [0.05, 0.1) is 6.61 Å². The second-order valence-electron chi connectivity index (χ2n) is 14.3. The van der Waals surface area contributed by atoms with E-state index >= 15 is 0 Å². The van der Waals surface area contributed by atoms with Gasteiger partial charge in [-0.05, 0) is 82.3 Å². The number of fused-ring (bicyclic) bond motifs is 4. The van der Waals surface area contributed by atoms with Gasteiger partial charge in [0.2, 0.25) is 0 Å². The van der Waals surface area contributed by atoms with Crippen molar-refractivity contribution < 1.29 is 10.2 Å². The molecule has 0 spiro atoms. The Bertz CT molecular complexity index is 2230. The van der Waals surface area contributed by atoms with E-state index in [1.807, 2.05) is 84.1 Å². The molecule has 1 heterocycles. The predicted molar refractivity (Wildman–Crippen MR) is 208 cm³/mol. The number of aliphatic hydroxyl groups excluding tert-OH is 2. The largest absolute Gasteiger partial charge is 0.395 e. The highest BCUT2D eigenvalue weighted by atomic mass is 32.1. The fraction of sp³-hybridized carbons (Fsp3) is 0.277. The van der Waals surface area contributed by atoms with Crippen molar-refractivity contribution in [3.8, 4) is 23.7 Å². The summed E-state index contributed by atoms with van der Waals surface area (Å²) in [7, 11) is 0. The van der Waals surface area contributed by atoms with Gasteiger partial charge in [-0.3, -0.25) is 0 Å². The van der Waals surface area contributed by atoms with Gasteiger partial charge in [0, 0.05) is 48.7 Å². The zero-order valence-corrected chi connectivity index (χ0v) is 30.3. The van der Waals surface area contributed by atoms with Gasteiger partial charge in [-0.2, -0.15) is 0 Å². The third kappa shape index (κ3) is 5.95. The molecular formula is C47H44O2S. The topological polar surface area (TPSA) is 40.5 Å². The van der Waals surface area contributed by atoms with Crippen molar-refractivity contribution in [2.24, 2.45) is 11.8 Å². The van der Waals surface area contributed by atoms with Gasteiger partial charge in [0.1, 0.15) is 6.10 Å². The number of thiophene rings is 1. The summed E-state index contributed by atoms with van der Waals surface area (Å²) < 4.78 is 1.34. The Balaban J connectivity index is 1.39. The average Bonchev–Trinajstić information content (AvgIpc) is 3.68. The van der Waals surface area contributed by atoms with Crippen molar-refractivity contribution in [2.75, 3.05) is 6.61 Å². The molecule has 0 bridgehead atoms. The first-order valence-electron chi connectivity index (χ1n) is 17.8. The predicted octanol–water partition coefficient (Wildman–Crippen LogP) is 10.4. The standard InChI is InChI=1S/C47H44O2S/c1-6-30(2)41-31(3)46-44(37-19-13-14-20-40(37)50-46)47(4,5)39(41)28-27-36-38(29-48)42-34(23-21-32-15-9-7-10-16-32)25-26-35(43(42)45(36)49)24-22-33-17-11-8-12-18-33/h7-20,25-28,30-31,38,41,45,48-49H,6,29H2,1-5H3/b36-27+,39-28-. The average molecular weight is 673 g/mol. The molecule has 2 aliphatic carbocycles. The smallest absolute Gasteiger partial charge is 0.103 e. The second-order valence-corrected chi connectivity index (χ2v) is 15.4. The first kappa shape index (κ1) is 33.8. The molecule has 3 heteroatoms. The van der Waals surface area contributed by atoms with Gasteiger partial charge in [-0.15, -0.1) is 11.3 Å². The van der Waals surface area contributed by atoms with Crippen molar-refractivity contribution in [3.05, 3.63) is 164 Å². The third-order valence-electron chi connectivity index (χ3n) is 11.0. The maximum absolute atomic E-state index is 12.2. The van der Waals surface area contributed by atoms with Gasteiger partial charge in [0.25, 0.3) is 0 Å². The lowest BCUT2D eigenvalue weighted by Gasteiger charge is -2.45. The Morgan fingerprint density at radius 2 is 1.36 bits per heavy atom.